The number of hydrogen-bond donors (Lipinski definition) is 1. The van der Waals surface area contributed by atoms with Gasteiger partial charge in [-0.3, -0.25) is 0 Å². The van der Waals surface area contributed by atoms with Gasteiger partial charge in [-0.2, -0.15) is 0 Å². The van der Waals surface area contributed by atoms with E-state index in [9.17, 15) is 16.8 Å². The molecule has 0 spiro atoms. The molecule has 24 heavy (non-hydrogen) atoms. The van der Waals surface area contributed by atoms with Gasteiger partial charge < -0.3 is 0 Å². The van der Waals surface area contributed by atoms with Gasteiger partial charge in [0.15, 0.2) is 9.84 Å². The Morgan fingerprint density at radius 2 is 1.71 bits per heavy atom. The van der Waals surface area contributed by atoms with E-state index >= 15 is 0 Å². The molecule has 0 bridgehead atoms. The van der Waals surface area contributed by atoms with Gasteiger partial charge in [0.05, 0.1) is 26.6 Å². The molecule has 0 saturated heterocycles. The molecule has 0 unspecified atom stereocenters. The zero-order chi connectivity index (χ0) is 17.4. The van der Waals surface area contributed by atoms with Gasteiger partial charge in [0, 0.05) is 6.26 Å². The van der Waals surface area contributed by atoms with Gasteiger partial charge in [-0.1, -0.05) is 18.2 Å². The first kappa shape index (κ1) is 17.0. The third-order valence-electron chi connectivity index (χ3n) is 3.30. The largest absolute Gasteiger partial charge is 0.240 e. The Bertz CT molecular complexity index is 1070. The molecule has 2 aromatic carbocycles. The average Bonchev–Trinajstić information content (AvgIpc) is 2.95. The van der Waals surface area contributed by atoms with Crippen LogP contribution in [0, 0.1) is 0 Å². The topological polar surface area (TPSA) is 93.2 Å². The van der Waals surface area contributed by atoms with Crippen LogP contribution in [0.1, 0.15) is 5.01 Å². The van der Waals surface area contributed by atoms with Crippen molar-refractivity contribution in [2.75, 3.05) is 6.26 Å². The molecule has 0 fully saturated rings. The van der Waals surface area contributed by atoms with E-state index in [2.05, 4.69) is 9.71 Å². The average molecular weight is 382 g/mol. The van der Waals surface area contributed by atoms with E-state index < -0.39 is 19.9 Å². The highest BCUT2D eigenvalue weighted by molar-refractivity contribution is 7.91. The molecular formula is C15H14N2O4S3. The summed E-state index contributed by atoms with van der Waals surface area (Å²) in [7, 11) is -7.30. The summed E-state index contributed by atoms with van der Waals surface area (Å²) in [6.07, 6.45) is 1.04. The summed E-state index contributed by atoms with van der Waals surface area (Å²) < 4.78 is 51.3. The van der Waals surface area contributed by atoms with Crippen molar-refractivity contribution in [1.29, 1.82) is 0 Å². The number of sulfonamides is 1. The van der Waals surface area contributed by atoms with Crippen molar-refractivity contribution in [3.05, 3.63) is 53.5 Å². The van der Waals surface area contributed by atoms with Crippen molar-refractivity contribution in [2.24, 2.45) is 0 Å². The summed E-state index contributed by atoms with van der Waals surface area (Å²) in [6, 6.07) is 12.8. The summed E-state index contributed by atoms with van der Waals surface area (Å²) in [5.74, 6) is 0. The van der Waals surface area contributed by atoms with Gasteiger partial charge >= 0.3 is 0 Å². The maximum absolute atomic E-state index is 12.4. The smallest absolute Gasteiger partial charge is 0.240 e. The maximum atomic E-state index is 12.4. The van der Waals surface area contributed by atoms with E-state index in [1.54, 1.807) is 0 Å². The zero-order valence-corrected chi connectivity index (χ0v) is 15.1. The van der Waals surface area contributed by atoms with Gasteiger partial charge in [-0.15, -0.1) is 11.3 Å². The number of sulfone groups is 1. The van der Waals surface area contributed by atoms with Crippen LogP contribution in [0.5, 0.6) is 0 Å². The fraction of sp³-hybridized carbons (Fsp3) is 0.133. The molecule has 0 aliphatic heterocycles. The summed E-state index contributed by atoms with van der Waals surface area (Å²) in [5.41, 5.74) is 0.816. The van der Waals surface area contributed by atoms with Crippen LogP contribution in [0.4, 0.5) is 0 Å². The van der Waals surface area contributed by atoms with E-state index in [1.165, 1.54) is 29.5 Å². The standard InChI is InChI=1S/C15H14N2O4S3/c1-23(18,19)11-5-4-6-12(9-11)24(20,21)16-10-15-17-13-7-2-3-8-14(13)22-15/h2-9,16H,10H2,1H3. The van der Waals surface area contributed by atoms with E-state index in [0.29, 0.717) is 5.01 Å². The van der Waals surface area contributed by atoms with Crippen LogP contribution >= 0.6 is 11.3 Å². The Morgan fingerprint density at radius 1 is 1.00 bits per heavy atom. The molecule has 0 amide bonds. The summed E-state index contributed by atoms with van der Waals surface area (Å²) in [6.45, 7) is 0.0464. The molecule has 1 N–H and O–H groups in total. The Balaban J connectivity index is 1.83. The van der Waals surface area contributed by atoms with Crippen molar-refractivity contribution < 1.29 is 16.8 Å². The van der Waals surface area contributed by atoms with Crippen LogP contribution in [0.25, 0.3) is 10.2 Å². The van der Waals surface area contributed by atoms with Crippen LogP contribution in [-0.2, 0) is 26.4 Å². The molecule has 1 aromatic heterocycles. The first-order valence-electron chi connectivity index (χ1n) is 6.90. The minimum atomic E-state index is -3.83. The second kappa shape index (κ2) is 6.25. The number of benzene rings is 2. The molecule has 0 radical (unpaired) electrons. The van der Waals surface area contributed by atoms with Crippen molar-refractivity contribution in [3.8, 4) is 0 Å². The predicted molar refractivity (Wildman–Crippen MR) is 93.2 cm³/mol. The SMILES string of the molecule is CS(=O)(=O)c1cccc(S(=O)(=O)NCc2nc3ccccc3s2)c1. The van der Waals surface area contributed by atoms with E-state index in [4.69, 9.17) is 0 Å². The fourth-order valence-electron chi connectivity index (χ4n) is 2.11. The van der Waals surface area contributed by atoms with Crippen molar-refractivity contribution in [1.82, 2.24) is 9.71 Å². The number of para-hydroxylation sites is 1. The van der Waals surface area contributed by atoms with E-state index in [-0.39, 0.29) is 16.3 Å². The van der Waals surface area contributed by atoms with Gasteiger partial charge in [-0.25, -0.2) is 26.5 Å². The third-order valence-corrected chi connectivity index (χ3v) is 6.84. The highest BCUT2D eigenvalue weighted by Gasteiger charge is 2.17. The minimum absolute atomic E-state index is 0.0367. The number of nitrogens with one attached hydrogen (secondary N) is 1. The monoisotopic (exact) mass is 382 g/mol. The second-order valence-electron chi connectivity index (χ2n) is 5.15. The Hall–Kier alpha value is -1.81. The molecule has 1 heterocycles. The molecule has 9 heteroatoms. The van der Waals surface area contributed by atoms with Crippen molar-refractivity contribution in [3.63, 3.8) is 0 Å². The van der Waals surface area contributed by atoms with Gasteiger partial charge in [-0.05, 0) is 30.3 Å². The van der Waals surface area contributed by atoms with Crippen LogP contribution in [-0.4, -0.2) is 28.1 Å². The molecular weight excluding hydrogens is 368 g/mol. The summed E-state index contributed by atoms with van der Waals surface area (Å²) in [5, 5.41) is 0.638. The minimum Gasteiger partial charge on any atom is -0.240 e. The first-order chi connectivity index (χ1) is 11.3. The Kier molecular flexibility index (Phi) is 4.43. The van der Waals surface area contributed by atoms with Gasteiger partial charge in [0.25, 0.3) is 0 Å². The molecule has 126 valence electrons. The van der Waals surface area contributed by atoms with Crippen LogP contribution < -0.4 is 4.72 Å². The molecule has 6 nitrogen and oxygen atoms in total. The number of nitrogens with zero attached hydrogens (tertiary/aromatic N) is 1. The molecule has 3 aromatic rings. The number of hydrogen-bond acceptors (Lipinski definition) is 6. The number of fused-ring (bicyclic) bond motifs is 1. The Morgan fingerprint density at radius 3 is 2.42 bits per heavy atom. The fourth-order valence-corrected chi connectivity index (χ4v) is 4.88. The van der Waals surface area contributed by atoms with Crippen molar-refractivity contribution >= 4 is 41.4 Å². The molecule has 0 aliphatic carbocycles. The maximum Gasteiger partial charge on any atom is 0.240 e. The van der Waals surface area contributed by atoms with E-state index in [1.807, 2.05) is 24.3 Å². The zero-order valence-electron chi connectivity index (χ0n) is 12.6. The normalized spacial score (nSPS) is 12.5. The van der Waals surface area contributed by atoms with Crippen LogP contribution in [0.2, 0.25) is 0 Å². The molecule has 0 aliphatic rings. The lowest BCUT2D eigenvalue weighted by molar-refractivity contribution is 0.581. The van der Waals surface area contributed by atoms with Crippen LogP contribution in [0.15, 0.2) is 58.3 Å². The van der Waals surface area contributed by atoms with Gasteiger partial charge in [0.1, 0.15) is 5.01 Å². The number of thiazole rings is 1. The van der Waals surface area contributed by atoms with Crippen molar-refractivity contribution in [2.45, 2.75) is 16.3 Å². The third kappa shape index (κ3) is 3.64. The molecule has 3 rings (SSSR count). The summed E-state index contributed by atoms with van der Waals surface area (Å²) in [4.78, 5) is 4.23. The lowest BCUT2D eigenvalue weighted by atomic mass is 10.3. The van der Waals surface area contributed by atoms with Gasteiger partial charge in [0.2, 0.25) is 10.0 Å². The highest BCUT2D eigenvalue weighted by atomic mass is 32.2. The summed E-state index contributed by atoms with van der Waals surface area (Å²) >= 11 is 1.41. The predicted octanol–water partition coefficient (Wildman–Crippen LogP) is 2.18. The number of rotatable bonds is 5. The molecule has 0 saturated carbocycles. The number of aromatic nitrogens is 1. The van der Waals surface area contributed by atoms with E-state index in [0.717, 1.165) is 22.5 Å². The highest BCUT2D eigenvalue weighted by Crippen LogP contribution is 2.22. The first-order valence-corrected chi connectivity index (χ1v) is 11.1. The lowest BCUT2D eigenvalue weighted by Gasteiger charge is -2.06. The lowest BCUT2D eigenvalue weighted by Crippen LogP contribution is -2.23. The molecule has 0 atom stereocenters. The quantitative estimate of drug-likeness (QED) is 0.730. The Labute approximate surface area is 144 Å². The van der Waals surface area contributed by atoms with Crippen LogP contribution in [0.3, 0.4) is 0 Å². The second-order valence-corrected chi connectivity index (χ2v) is 10.0.